The standard InChI is InChI=1S/C25H29NO2.C25H27NO2.2C24H27NO2/c2*1-15-5-8-19-20(9-15)21-10-16(2)25(28-4)12-23(21)22-11-17-6-7-18(27-3)13-26(17)14-24(19)22;2*1-14-4-7-18-19(8-14)20-9-15(2)24(27-3)11-22(20)21-10-16-5-6-17(26)12-25(16)13-23(18)21/h5,8-10,12,17-18H,6-7,11,13-14H2,1-4H3;5,7-10,12,17H,6,11,13-14H2,1-4H3;2*4,7-9,11,16-17,26H,5-6,10,12-13H2,1-3H3/t17-,18?;17-;16-,17+;16-,17-/m1111/s1. The highest BCUT2D eigenvalue weighted by atomic mass is 16.5. The van der Waals surface area contributed by atoms with Crippen molar-refractivity contribution in [3.63, 3.8) is 0 Å². The van der Waals surface area contributed by atoms with Gasteiger partial charge in [-0.1, -0.05) is 95.1 Å². The molecule has 8 heterocycles. The fourth-order valence-electron chi connectivity index (χ4n) is 20.9. The van der Waals surface area contributed by atoms with E-state index < -0.39 is 0 Å². The highest BCUT2D eigenvalue weighted by Gasteiger charge is 2.39. The second-order valence-corrected chi connectivity index (χ2v) is 33.6. The molecule has 8 aliphatic rings. The van der Waals surface area contributed by atoms with Gasteiger partial charge in [-0.2, -0.15) is 0 Å². The predicted octanol–water partition coefficient (Wildman–Crippen LogP) is 19.4. The highest BCUT2D eigenvalue weighted by Crippen LogP contribution is 2.48. The normalized spacial score (nSPS) is 21.7. The van der Waals surface area contributed by atoms with Gasteiger partial charge in [0.15, 0.2) is 0 Å². The van der Waals surface area contributed by atoms with Crippen LogP contribution < -0.4 is 18.9 Å². The molecule has 12 nitrogen and oxygen atoms in total. The Bertz CT molecular complexity index is 5530. The van der Waals surface area contributed by atoms with Crippen LogP contribution in [0.2, 0.25) is 0 Å². The number of piperidine rings is 3. The van der Waals surface area contributed by atoms with E-state index in [9.17, 15) is 10.2 Å². The number of aliphatic hydroxyl groups excluding tert-OH is 2. The zero-order valence-electron chi connectivity index (χ0n) is 67.2. The van der Waals surface area contributed by atoms with E-state index in [-0.39, 0.29) is 12.2 Å². The lowest BCUT2D eigenvalue weighted by Gasteiger charge is -2.43. The third-order valence-corrected chi connectivity index (χ3v) is 26.7. The number of fused-ring (bicyclic) bond motifs is 28. The number of hydrogen-bond donors (Lipinski definition) is 2. The van der Waals surface area contributed by atoms with E-state index >= 15 is 0 Å². The number of benzene rings is 12. The van der Waals surface area contributed by atoms with Gasteiger partial charge in [0, 0.05) is 77.1 Å². The van der Waals surface area contributed by atoms with Crippen molar-refractivity contribution in [2.75, 3.05) is 68.8 Å². The molecule has 110 heavy (non-hydrogen) atoms. The fraction of sp³-hybridized carbons (Fsp3) is 0.408. The number of aliphatic hydroxyl groups is 2. The number of nitrogens with zero attached hydrogens (tertiary/aromatic N) is 4. The van der Waals surface area contributed by atoms with Gasteiger partial charge < -0.3 is 38.6 Å². The topological polar surface area (TPSA) is 109 Å². The maximum absolute atomic E-state index is 10.2. The molecule has 0 spiro atoms. The van der Waals surface area contributed by atoms with Gasteiger partial charge >= 0.3 is 0 Å². The summed E-state index contributed by atoms with van der Waals surface area (Å²) in [7, 11) is 10.7. The second-order valence-electron chi connectivity index (χ2n) is 33.6. The number of hydrogen-bond acceptors (Lipinski definition) is 12. The van der Waals surface area contributed by atoms with E-state index in [1.165, 1.54) is 188 Å². The van der Waals surface area contributed by atoms with Gasteiger partial charge in [0.05, 0.1) is 60.4 Å². The minimum Gasteiger partial charge on any atom is -0.500 e. The van der Waals surface area contributed by atoms with Gasteiger partial charge in [-0.3, -0.25) is 19.6 Å². The summed E-state index contributed by atoms with van der Waals surface area (Å²) in [5.74, 6) is 5.01. The lowest BCUT2D eigenvalue weighted by Crippen LogP contribution is -2.48. The number of aryl methyl sites for hydroxylation is 8. The van der Waals surface area contributed by atoms with Gasteiger partial charge in [-0.25, -0.2) is 0 Å². The summed E-state index contributed by atoms with van der Waals surface area (Å²) in [6.07, 6.45) is 14.0. The summed E-state index contributed by atoms with van der Waals surface area (Å²) in [5, 5.41) is 42.1. The number of methoxy groups -OCH3 is 6. The van der Waals surface area contributed by atoms with Crippen molar-refractivity contribution in [2.45, 2.75) is 195 Å². The summed E-state index contributed by atoms with van der Waals surface area (Å²) in [6, 6.07) is 48.0. The number of rotatable bonds is 6. The van der Waals surface area contributed by atoms with Crippen molar-refractivity contribution >= 4 is 86.2 Å². The predicted molar refractivity (Wildman–Crippen MR) is 452 cm³/mol. The van der Waals surface area contributed by atoms with E-state index in [2.05, 4.69) is 202 Å². The van der Waals surface area contributed by atoms with Gasteiger partial charge in [0.1, 0.15) is 28.8 Å². The number of ether oxygens (including phenoxy) is 6. The maximum atomic E-state index is 10.2. The Hall–Kier alpha value is -8.82. The first-order chi connectivity index (χ1) is 53.3. The molecule has 12 aromatic carbocycles. The van der Waals surface area contributed by atoms with Crippen molar-refractivity contribution in [2.24, 2.45) is 0 Å². The van der Waals surface area contributed by atoms with Gasteiger partial charge in [-0.15, -0.1) is 0 Å². The molecule has 3 saturated heterocycles. The molecule has 12 heteroatoms. The van der Waals surface area contributed by atoms with E-state index in [1.54, 1.807) is 35.5 Å². The highest BCUT2D eigenvalue weighted by molar-refractivity contribution is 6.15. The van der Waals surface area contributed by atoms with Crippen molar-refractivity contribution in [3.05, 3.63) is 222 Å². The zero-order chi connectivity index (χ0) is 76.2. The first kappa shape index (κ1) is 74.0. The van der Waals surface area contributed by atoms with Crippen molar-refractivity contribution in [3.8, 4) is 23.0 Å². The second kappa shape index (κ2) is 30.0. The molecule has 3 fully saturated rings. The molecule has 570 valence electrons. The summed E-state index contributed by atoms with van der Waals surface area (Å²) in [6.45, 7) is 24.6. The van der Waals surface area contributed by atoms with Crippen LogP contribution in [0.4, 0.5) is 0 Å². The van der Waals surface area contributed by atoms with Crippen LogP contribution in [0, 0.1) is 55.4 Å². The molecule has 1 unspecified atom stereocenters. The van der Waals surface area contributed by atoms with E-state index in [1.807, 2.05) is 7.11 Å². The van der Waals surface area contributed by atoms with Crippen molar-refractivity contribution in [1.82, 2.24) is 19.6 Å². The van der Waals surface area contributed by atoms with E-state index in [4.69, 9.17) is 28.4 Å². The Morgan fingerprint density at radius 2 is 0.582 bits per heavy atom. The molecule has 20 rings (SSSR count). The van der Waals surface area contributed by atoms with Gasteiger partial charge in [0.25, 0.3) is 0 Å². The summed E-state index contributed by atoms with van der Waals surface area (Å²) < 4.78 is 33.9. The van der Waals surface area contributed by atoms with Crippen LogP contribution >= 0.6 is 0 Å². The van der Waals surface area contributed by atoms with Crippen LogP contribution in [0.15, 0.2) is 133 Å². The Morgan fingerprint density at radius 1 is 0.282 bits per heavy atom. The monoisotopic (exact) mass is 1470 g/mol. The molecule has 0 aliphatic carbocycles. The lowest BCUT2D eigenvalue weighted by molar-refractivity contribution is -0.00188. The minimum atomic E-state index is -0.181. The first-order valence-electron chi connectivity index (χ1n) is 40.5. The largest absolute Gasteiger partial charge is 0.500 e. The Labute approximate surface area is 649 Å². The van der Waals surface area contributed by atoms with E-state index in [0.29, 0.717) is 30.3 Å². The molecule has 12 aromatic rings. The van der Waals surface area contributed by atoms with Crippen molar-refractivity contribution in [1.29, 1.82) is 0 Å². The zero-order valence-corrected chi connectivity index (χ0v) is 67.2. The molecule has 0 amide bonds. The average Bonchev–Trinajstić information content (AvgIpc) is 0.747. The lowest BCUT2D eigenvalue weighted by atomic mass is 9.81. The summed E-state index contributed by atoms with van der Waals surface area (Å²) >= 11 is 0. The van der Waals surface area contributed by atoms with Crippen LogP contribution in [-0.2, 0) is 61.3 Å². The third kappa shape index (κ3) is 13.4. The molecule has 0 bridgehead atoms. The molecular formula is C98H110N4O8. The molecule has 2 N–H and O–H groups in total. The first-order valence-corrected chi connectivity index (χ1v) is 40.5. The van der Waals surface area contributed by atoms with Gasteiger partial charge in [0.2, 0.25) is 0 Å². The molecule has 8 aliphatic heterocycles. The third-order valence-electron chi connectivity index (χ3n) is 26.7. The molecule has 0 saturated carbocycles. The molecular weight excluding hydrogens is 1360 g/mol. The quantitative estimate of drug-likeness (QED) is 0.155. The van der Waals surface area contributed by atoms with Crippen LogP contribution in [0.1, 0.15) is 134 Å². The van der Waals surface area contributed by atoms with Crippen LogP contribution in [-0.4, -0.2) is 141 Å². The summed E-state index contributed by atoms with van der Waals surface area (Å²) in [4.78, 5) is 10.2. The Morgan fingerprint density at radius 3 is 0.900 bits per heavy atom. The van der Waals surface area contributed by atoms with E-state index in [0.717, 1.165) is 139 Å². The SMILES string of the molecule is COC1=CC[C@@H]2Cc3c(c4ccc(C)cc4c4cc(C)c(OC)cc34)CN2C1.COc1cc2c3c(c4ccc(C)cc4c2cc1C)CN1CC(OC)CC[C@@H]1C3.COc1cc2c3c(c4ccc(C)cc4c2cc1C)CN1C[C@@H](O)CC[C@@H]1C3.COc1cc2c3c(c4ccc(C)cc4c2cc1C)CN1C[C@H](O)CC[C@@H]1C3. The smallest absolute Gasteiger partial charge is 0.122 e. The van der Waals surface area contributed by atoms with Crippen LogP contribution in [0.3, 0.4) is 0 Å². The molecule has 0 aromatic heterocycles. The van der Waals surface area contributed by atoms with Crippen molar-refractivity contribution < 1.29 is 38.6 Å². The molecule has 0 radical (unpaired) electrons. The maximum Gasteiger partial charge on any atom is 0.122 e. The summed E-state index contributed by atoms with van der Waals surface area (Å²) in [5.41, 5.74) is 21.8. The average molecular weight is 1470 g/mol. The van der Waals surface area contributed by atoms with Gasteiger partial charge in [-0.05, 0) is 334 Å². The fourth-order valence-corrected chi connectivity index (χ4v) is 20.9. The minimum absolute atomic E-state index is 0.181. The Kier molecular flexibility index (Phi) is 20.2. The Balaban J connectivity index is 0.000000107. The van der Waals surface area contributed by atoms with Crippen LogP contribution in [0.5, 0.6) is 23.0 Å². The van der Waals surface area contributed by atoms with Crippen LogP contribution in [0.25, 0.3) is 86.2 Å². The molecule has 7 atom stereocenters.